The van der Waals surface area contributed by atoms with Gasteiger partial charge in [-0.25, -0.2) is 13.6 Å². The number of nitrogens with zero attached hydrogens (tertiary/aromatic N) is 1. The number of nitrogens with two attached hydrogens (primary N) is 2. The van der Waals surface area contributed by atoms with Crippen molar-refractivity contribution in [3.05, 3.63) is 18.2 Å². The Morgan fingerprint density at radius 2 is 1.95 bits per heavy atom. The summed E-state index contributed by atoms with van der Waals surface area (Å²) in [5.41, 5.74) is 6.74. The first-order valence-corrected chi connectivity index (χ1v) is 8.13. The highest BCUT2D eigenvalue weighted by Gasteiger charge is 2.23. The van der Waals surface area contributed by atoms with Crippen LogP contribution < -0.4 is 15.8 Å². The molecule has 1 aromatic rings. The van der Waals surface area contributed by atoms with E-state index in [9.17, 15) is 8.42 Å². The second-order valence-corrected chi connectivity index (χ2v) is 6.64. The molecule has 0 bridgehead atoms. The van der Waals surface area contributed by atoms with Crippen molar-refractivity contribution < 1.29 is 8.42 Å². The van der Waals surface area contributed by atoms with Crippen molar-refractivity contribution in [2.24, 2.45) is 11.1 Å². The van der Waals surface area contributed by atoms with Crippen LogP contribution in [-0.2, 0) is 10.0 Å². The van der Waals surface area contributed by atoms with Gasteiger partial charge in [0.2, 0.25) is 10.0 Å². The van der Waals surface area contributed by atoms with Crippen LogP contribution in [0.3, 0.4) is 0 Å². The summed E-state index contributed by atoms with van der Waals surface area (Å²) in [4.78, 5) is 2.22. The van der Waals surface area contributed by atoms with Gasteiger partial charge in [-0.05, 0) is 37.0 Å². The van der Waals surface area contributed by atoms with E-state index in [0.29, 0.717) is 11.4 Å². The summed E-state index contributed by atoms with van der Waals surface area (Å²) in [6.07, 6.45) is 3.35. The largest absolute Gasteiger partial charge is 0.399 e. The van der Waals surface area contributed by atoms with E-state index < -0.39 is 10.0 Å². The molecule has 1 aliphatic heterocycles. The normalized spacial score (nSPS) is 17.7. The van der Waals surface area contributed by atoms with Crippen LogP contribution in [0.5, 0.6) is 0 Å². The number of benzene rings is 1. The van der Waals surface area contributed by atoms with Gasteiger partial charge in [0, 0.05) is 18.8 Å². The Labute approximate surface area is 114 Å². The van der Waals surface area contributed by atoms with E-state index in [1.54, 1.807) is 12.1 Å². The molecule has 0 saturated carbocycles. The molecule has 1 fully saturated rings. The van der Waals surface area contributed by atoms with Gasteiger partial charge < -0.3 is 10.6 Å². The molecule has 1 saturated heterocycles. The summed E-state index contributed by atoms with van der Waals surface area (Å²) in [7, 11) is -3.75. The molecule has 0 aromatic heterocycles. The molecular weight excluding hydrogens is 262 g/mol. The average molecular weight is 283 g/mol. The Morgan fingerprint density at radius 3 is 2.47 bits per heavy atom. The Hall–Kier alpha value is -1.27. The van der Waals surface area contributed by atoms with Gasteiger partial charge >= 0.3 is 0 Å². The molecule has 4 N–H and O–H groups in total. The first-order valence-electron chi connectivity index (χ1n) is 6.59. The molecule has 6 heteroatoms. The zero-order chi connectivity index (χ0) is 14.0. The van der Waals surface area contributed by atoms with Crippen molar-refractivity contribution >= 4 is 21.4 Å². The lowest BCUT2D eigenvalue weighted by Crippen LogP contribution is -2.34. The van der Waals surface area contributed by atoms with E-state index in [1.165, 1.54) is 12.5 Å². The van der Waals surface area contributed by atoms with Gasteiger partial charge in [-0.1, -0.05) is 13.3 Å². The smallest absolute Gasteiger partial charge is 0.240 e. The second-order valence-electron chi connectivity index (χ2n) is 5.11. The van der Waals surface area contributed by atoms with Crippen molar-refractivity contribution in [1.29, 1.82) is 0 Å². The molecule has 0 aliphatic carbocycles. The molecule has 0 atom stereocenters. The van der Waals surface area contributed by atoms with Gasteiger partial charge in [0.1, 0.15) is 4.90 Å². The average Bonchev–Trinajstić information content (AvgIpc) is 2.38. The Kier molecular flexibility index (Phi) is 4.01. The van der Waals surface area contributed by atoms with Crippen molar-refractivity contribution in [2.45, 2.75) is 31.1 Å². The molecular formula is C13H21N3O2S. The number of hydrogen-bond acceptors (Lipinski definition) is 4. The predicted molar refractivity (Wildman–Crippen MR) is 77.5 cm³/mol. The molecule has 0 radical (unpaired) electrons. The molecule has 2 rings (SSSR count). The van der Waals surface area contributed by atoms with Gasteiger partial charge in [-0.2, -0.15) is 0 Å². The molecule has 1 heterocycles. The lowest BCUT2D eigenvalue weighted by atomic mass is 9.94. The number of nitrogen functional groups attached to an aromatic ring is 1. The molecule has 1 aliphatic rings. The third-order valence-corrected chi connectivity index (χ3v) is 4.76. The lowest BCUT2D eigenvalue weighted by molar-refractivity contribution is 0.394. The highest BCUT2D eigenvalue weighted by molar-refractivity contribution is 7.89. The van der Waals surface area contributed by atoms with Crippen LogP contribution in [0.25, 0.3) is 0 Å². The first-order chi connectivity index (χ1) is 8.91. The van der Waals surface area contributed by atoms with Crippen LogP contribution in [0.1, 0.15) is 26.2 Å². The van der Waals surface area contributed by atoms with E-state index in [0.717, 1.165) is 31.8 Å². The Balaban J connectivity index is 2.31. The van der Waals surface area contributed by atoms with Crippen LogP contribution in [-0.4, -0.2) is 21.5 Å². The summed E-state index contributed by atoms with van der Waals surface area (Å²) in [5.74, 6) is 0.739. The number of hydrogen-bond donors (Lipinski definition) is 2. The van der Waals surface area contributed by atoms with Crippen LogP contribution in [0.15, 0.2) is 23.1 Å². The molecule has 106 valence electrons. The summed E-state index contributed by atoms with van der Waals surface area (Å²) in [5, 5.41) is 5.28. The quantitative estimate of drug-likeness (QED) is 0.823. The Morgan fingerprint density at radius 1 is 1.32 bits per heavy atom. The molecule has 1 aromatic carbocycles. The predicted octanol–water partition coefficient (Wildman–Crippen LogP) is 1.54. The summed E-state index contributed by atoms with van der Waals surface area (Å²) >= 11 is 0. The van der Waals surface area contributed by atoms with Crippen LogP contribution >= 0.6 is 0 Å². The van der Waals surface area contributed by atoms with Gasteiger partial charge in [-0.15, -0.1) is 0 Å². The van der Waals surface area contributed by atoms with Gasteiger partial charge in [0.25, 0.3) is 0 Å². The third kappa shape index (κ3) is 3.19. The molecule has 5 nitrogen and oxygen atoms in total. The minimum Gasteiger partial charge on any atom is -0.399 e. The number of sulfonamides is 1. The highest BCUT2D eigenvalue weighted by Crippen LogP contribution is 2.30. The van der Waals surface area contributed by atoms with E-state index in [4.69, 9.17) is 10.9 Å². The van der Waals surface area contributed by atoms with Crippen molar-refractivity contribution in [3.8, 4) is 0 Å². The maximum Gasteiger partial charge on any atom is 0.240 e. The summed E-state index contributed by atoms with van der Waals surface area (Å²) in [6.45, 7) is 3.93. The topological polar surface area (TPSA) is 89.4 Å². The molecule has 19 heavy (non-hydrogen) atoms. The Bertz CT molecular complexity index is 549. The van der Waals surface area contributed by atoms with Crippen LogP contribution in [0.4, 0.5) is 11.4 Å². The van der Waals surface area contributed by atoms with E-state index >= 15 is 0 Å². The number of primary sulfonamides is 1. The maximum absolute atomic E-state index is 11.7. The molecule has 0 amide bonds. The fraction of sp³-hybridized carbons (Fsp3) is 0.538. The third-order valence-electron chi connectivity index (χ3n) is 3.82. The molecule has 0 spiro atoms. The summed E-state index contributed by atoms with van der Waals surface area (Å²) in [6, 6.07) is 4.91. The first kappa shape index (κ1) is 14.1. The highest BCUT2D eigenvalue weighted by atomic mass is 32.2. The fourth-order valence-electron chi connectivity index (χ4n) is 2.60. The lowest BCUT2D eigenvalue weighted by Gasteiger charge is -2.34. The SMILES string of the molecule is CCC1CCN(c2ccc(N)cc2S(N)(=O)=O)CC1. The monoisotopic (exact) mass is 283 g/mol. The fourth-order valence-corrected chi connectivity index (χ4v) is 3.39. The zero-order valence-electron chi connectivity index (χ0n) is 11.2. The van der Waals surface area contributed by atoms with Crippen molar-refractivity contribution in [1.82, 2.24) is 0 Å². The van der Waals surface area contributed by atoms with E-state index in [1.807, 2.05) is 0 Å². The van der Waals surface area contributed by atoms with Gasteiger partial charge in [0.15, 0.2) is 0 Å². The van der Waals surface area contributed by atoms with Gasteiger partial charge in [-0.3, -0.25) is 0 Å². The van der Waals surface area contributed by atoms with Gasteiger partial charge in [0.05, 0.1) is 5.69 Å². The van der Waals surface area contributed by atoms with Crippen molar-refractivity contribution in [3.63, 3.8) is 0 Å². The second kappa shape index (κ2) is 5.38. The zero-order valence-corrected chi connectivity index (χ0v) is 12.0. The standard InChI is InChI=1S/C13H21N3O2S/c1-2-10-5-7-16(8-6-10)12-4-3-11(14)9-13(12)19(15,17)18/h3-4,9-10H,2,5-8,14H2,1H3,(H2,15,17,18). The minimum atomic E-state index is -3.75. The maximum atomic E-state index is 11.7. The summed E-state index contributed by atoms with van der Waals surface area (Å²) < 4.78 is 23.3. The van der Waals surface area contributed by atoms with E-state index in [-0.39, 0.29) is 4.90 Å². The van der Waals surface area contributed by atoms with Crippen LogP contribution in [0, 0.1) is 5.92 Å². The number of anilines is 2. The number of piperidine rings is 1. The molecule has 0 unspecified atom stereocenters. The number of rotatable bonds is 3. The van der Waals surface area contributed by atoms with Crippen molar-refractivity contribution in [2.75, 3.05) is 23.7 Å². The van der Waals surface area contributed by atoms with Crippen LogP contribution in [0.2, 0.25) is 0 Å². The van der Waals surface area contributed by atoms with E-state index in [2.05, 4.69) is 11.8 Å². The minimum absolute atomic E-state index is 0.127.